The summed E-state index contributed by atoms with van der Waals surface area (Å²) in [5, 5.41) is 13.6. The summed E-state index contributed by atoms with van der Waals surface area (Å²) in [6, 6.07) is 19.0. The second kappa shape index (κ2) is 11.7. The molecule has 0 aliphatic carbocycles. The van der Waals surface area contributed by atoms with Gasteiger partial charge in [0.05, 0.1) is 22.3 Å². The average Bonchev–Trinajstić information content (AvgIpc) is 2.80. The van der Waals surface area contributed by atoms with E-state index in [4.69, 9.17) is 23.2 Å². The molecule has 0 saturated carbocycles. The van der Waals surface area contributed by atoms with Crippen LogP contribution in [0.3, 0.4) is 0 Å². The number of nitrogens with one attached hydrogen (secondary N) is 2. The minimum absolute atomic E-state index is 0.0604. The third-order valence-corrected chi connectivity index (χ3v) is 7.50. The second-order valence-electron chi connectivity index (χ2n) is 7.80. The standard InChI is InChI=1S/C25H26Cl2N2O4S/c1-2-6-22(18-7-4-3-5-8-18)29-23-16-21(27)24(15-20(23)25(30)31)34(32,33)28-14-13-17-9-11-19(26)12-10-17/h3-5,7-12,15-16,22,28-29H,2,6,13-14H2,1H3,(H,30,31). The van der Waals surface area contributed by atoms with E-state index in [0.29, 0.717) is 11.4 Å². The highest BCUT2D eigenvalue weighted by molar-refractivity contribution is 7.89. The van der Waals surface area contributed by atoms with Crippen molar-refractivity contribution in [2.24, 2.45) is 0 Å². The zero-order valence-corrected chi connectivity index (χ0v) is 20.9. The molecule has 1 unspecified atom stereocenters. The predicted molar refractivity (Wildman–Crippen MR) is 136 cm³/mol. The molecule has 0 aliphatic rings. The van der Waals surface area contributed by atoms with E-state index in [1.807, 2.05) is 49.4 Å². The Balaban J connectivity index is 1.84. The molecule has 6 nitrogen and oxygen atoms in total. The van der Waals surface area contributed by atoms with Crippen molar-refractivity contribution in [2.45, 2.75) is 37.1 Å². The van der Waals surface area contributed by atoms with Gasteiger partial charge >= 0.3 is 5.97 Å². The van der Waals surface area contributed by atoms with E-state index < -0.39 is 16.0 Å². The Kier molecular flexibility index (Phi) is 8.97. The molecule has 0 saturated heterocycles. The van der Waals surface area contributed by atoms with Crippen LogP contribution in [-0.2, 0) is 16.4 Å². The van der Waals surface area contributed by atoms with Gasteiger partial charge in [0.15, 0.2) is 0 Å². The minimum atomic E-state index is -4.03. The van der Waals surface area contributed by atoms with E-state index >= 15 is 0 Å². The highest BCUT2D eigenvalue weighted by Gasteiger charge is 2.24. The van der Waals surface area contributed by atoms with Crippen LogP contribution < -0.4 is 10.0 Å². The Morgan fingerprint density at radius 2 is 1.71 bits per heavy atom. The molecule has 0 fully saturated rings. The molecule has 1 atom stereocenters. The number of hydrogen-bond acceptors (Lipinski definition) is 4. The Bertz CT molecular complexity index is 1230. The van der Waals surface area contributed by atoms with E-state index in [-0.39, 0.29) is 33.8 Å². The molecule has 0 aromatic heterocycles. The van der Waals surface area contributed by atoms with Gasteiger partial charge in [0.25, 0.3) is 0 Å². The molecule has 3 rings (SSSR count). The first-order valence-corrected chi connectivity index (χ1v) is 13.1. The van der Waals surface area contributed by atoms with Crippen molar-refractivity contribution in [3.8, 4) is 0 Å². The van der Waals surface area contributed by atoms with Crippen molar-refractivity contribution in [2.75, 3.05) is 11.9 Å². The number of sulfonamides is 1. The Morgan fingerprint density at radius 1 is 1.03 bits per heavy atom. The molecular formula is C25H26Cl2N2O4S. The van der Waals surface area contributed by atoms with Crippen LogP contribution in [0.4, 0.5) is 5.69 Å². The maximum Gasteiger partial charge on any atom is 0.337 e. The van der Waals surface area contributed by atoms with Gasteiger partial charge < -0.3 is 10.4 Å². The van der Waals surface area contributed by atoms with E-state index in [2.05, 4.69) is 10.0 Å². The number of halogens is 2. The fraction of sp³-hybridized carbons (Fsp3) is 0.240. The fourth-order valence-electron chi connectivity index (χ4n) is 3.60. The smallest absolute Gasteiger partial charge is 0.337 e. The van der Waals surface area contributed by atoms with Crippen LogP contribution in [-0.4, -0.2) is 26.0 Å². The Hall–Kier alpha value is -2.58. The maximum absolute atomic E-state index is 12.9. The molecule has 0 radical (unpaired) electrons. The maximum atomic E-state index is 12.9. The number of hydrogen-bond donors (Lipinski definition) is 3. The molecular weight excluding hydrogens is 495 g/mol. The Morgan fingerprint density at radius 3 is 2.32 bits per heavy atom. The van der Waals surface area contributed by atoms with Crippen LogP contribution in [0, 0.1) is 0 Å². The number of carbonyl (C=O) groups is 1. The molecule has 3 aromatic carbocycles. The SMILES string of the molecule is CCCC(Nc1cc(Cl)c(S(=O)(=O)NCCc2ccc(Cl)cc2)cc1C(=O)O)c1ccccc1. The summed E-state index contributed by atoms with van der Waals surface area (Å²) in [5.74, 6) is -1.25. The van der Waals surface area contributed by atoms with Crippen molar-refractivity contribution in [3.05, 3.63) is 93.5 Å². The van der Waals surface area contributed by atoms with Gasteiger partial charge in [-0.15, -0.1) is 0 Å². The highest BCUT2D eigenvalue weighted by Crippen LogP contribution is 2.32. The number of carboxylic acid groups (broad SMARTS) is 1. The van der Waals surface area contributed by atoms with E-state index in [1.54, 1.807) is 12.1 Å². The number of anilines is 1. The van der Waals surface area contributed by atoms with Gasteiger partial charge in [-0.25, -0.2) is 17.9 Å². The normalized spacial score (nSPS) is 12.3. The Labute approximate surface area is 210 Å². The lowest BCUT2D eigenvalue weighted by molar-refractivity contribution is 0.0697. The van der Waals surface area contributed by atoms with E-state index in [1.165, 1.54) is 6.07 Å². The van der Waals surface area contributed by atoms with Crippen LogP contribution in [0.1, 0.15) is 47.3 Å². The van der Waals surface area contributed by atoms with Gasteiger partial charge in [0.2, 0.25) is 10.0 Å². The number of aromatic carboxylic acids is 1. The summed E-state index contributed by atoms with van der Waals surface area (Å²) in [6.45, 7) is 2.16. The molecule has 0 amide bonds. The van der Waals surface area contributed by atoms with Gasteiger partial charge in [0, 0.05) is 11.6 Å². The number of benzene rings is 3. The molecule has 0 heterocycles. The first kappa shape index (κ1) is 26.0. The molecule has 3 N–H and O–H groups in total. The predicted octanol–water partition coefficient (Wildman–Crippen LogP) is 6.17. The van der Waals surface area contributed by atoms with Crippen LogP contribution >= 0.6 is 23.2 Å². The molecule has 0 bridgehead atoms. The van der Waals surface area contributed by atoms with Gasteiger partial charge in [-0.3, -0.25) is 0 Å². The zero-order valence-electron chi connectivity index (χ0n) is 18.6. The summed E-state index contributed by atoms with van der Waals surface area (Å²) >= 11 is 12.2. The largest absolute Gasteiger partial charge is 0.478 e. The first-order chi connectivity index (χ1) is 16.2. The van der Waals surface area contributed by atoms with Gasteiger partial charge in [-0.1, -0.05) is 79.0 Å². The third-order valence-electron chi connectivity index (χ3n) is 5.32. The molecule has 3 aromatic rings. The summed E-state index contributed by atoms with van der Waals surface area (Å²) in [6.07, 6.45) is 2.06. The fourth-order valence-corrected chi connectivity index (χ4v) is 5.31. The third kappa shape index (κ3) is 6.73. The topological polar surface area (TPSA) is 95.5 Å². The van der Waals surface area contributed by atoms with Crippen molar-refractivity contribution >= 4 is 44.9 Å². The quantitative estimate of drug-likeness (QED) is 0.281. The zero-order chi connectivity index (χ0) is 24.7. The number of rotatable bonds is 11. The monoisotopic (exact) mass is 520 g/mol. The highest BCUT2D eigenvalue weighted by atomic mass is 35.5. The van der Waals surface area contributed by atoms with Gasteiger partial charge in [-0.2, -0.15) is 0 Å². The van der Waals surface area contributed by atoms with Crippen LogP contribution in [0.15, 0.2) is 71.6 Å². The summed E-state index contributed by atoms with van der Waals surface area (Å²) in [4.78, 5) is 11.7. The lowest BCUT2D eigenvalue weighted by Gasteiger charge is -2.22. The second-order valence-corrected chi connectivity index (χ2v) is 10.4. The molecule has 0 spiro atoms. The molecule has 9 heteroatoms. The summed E-state index contributed by atoms with van der Waals surface area (Å²) < 4.78 is 28.3. The van der Waals surface area contributed by atoms with Crippen LogP contribution in [0.25, 0.3) is 0 Å². The minimum Gasteiger partial charge on any atom is -0.478 e. The van der Waals surface area contributed by atoms with Crippen molar-refractivity contribution < 1.29 is 18.3 Å². The lowest BCUT2D eigenvalue weighted by Crippen LogP contribution is -2.26. The first-order valence-electron chi connectivity index (χ1n) is 10.8. The number of carboxylic acids is 1. The van der Waals surface area contributed by atoms with Crippen molar-refractivity contribution in [1.29, 1.82) is 0 Å². The van der Waals surface area contributed by atoms with Gasteiger partial charge in [-0.05, 0) is 48.2 Å². The van der Waals surface area contributed by atoms with Gasteiger partial charge in [0.1, 0.15) is 4.90 Å². The summed E-state index contributed by atoms with van der Waals surface area (Å²) in [5.41, 5.74) is 2.00. The van der Waals surface area contributed by atoms with Crippen LogP contribution in [0.5, 0.6) is 0 Å². The van der Waals surface area contributed by atoms with Crippen molar-refractivity contribution in [1.82, 2.24) is 4.72 Å². The molecule has 34 heavy (non-hydrogen) atoms. The molecule has 0 aliphatic heterocycles. The average molecular weight is 521 g/mol. The van der Waals surface area contributed by atoms with E-state index in [9.17, 15) is 18.3 Å². The van der Waals surface area contributed by atoms with Crippen molar-refractivity contribution in [3.63, 3.8) is 0 Å². The van der Waals surface area contributed by atoms with E-state index in [0.717, 1.165) is 30.0 Å². The molecule has 180 valence electrons. The summed E-state index contributed by atoms with van der Waals surface area (Å²) in [7, 11) is -4.03. The van der Waals surface area contributed by atoms with Crippen LogP contribution in [0.2, 0.25) is 10.0 Å². The lowest BCUT2D eigenvalue weighted by atomic mass is 10.0.